The molecule has 0 saturated heterocycles. The molecule has 0 saturated carbocycles. The highest BCUT2D eigenvalue weighted by molar-refractivity contribution is 5.96. The molecule has 10 nitrogen and oxygen atoms in total. The summed E-state index contributed by atoms with van der Waals surface area (Å²) in [6.07, 6.45) is 4.44. The first-order valence-corrected chi connectivity index (χ1v) is 14.3. The summed E-state index contributed by atoms with van der Waals surface area (Å²) in [5.74, 6) is -0.627. The fourth-order valence-electron chi connectivity index (χ4n) is 5.11. The highest BCUT2D eigenvalue weighted by atomic mass is 16.3. The fourth-order valence-corrected chi connectivity index (χ4v) is 5.11. The van der Waals surface area contributed by atoms with Crippen LogP contribution in [0.15, 0.2) is 56.9 Å². The third-order valence-corrected chi connectivity index (χ3v) is 7.27. The van der Waals surface area contributed by atoms with Gasteiger partial charge in [-0.1, -0.05) is 42.5 Å². The molecule has 0 radical (unpaired) electrons. The summed E-state index contributed by atoms with van der Waals surface area (Å²) in [6.45, 7) is 8.96. The van der Waals surface area contributed by atoms with Crippen molar-refractivity contribution in [1.82, 2.24) is 9.13 Å². The molecular formula is C31H38N6O4. The highest BCUT2D eigenvalue weighted by Gasteiger charge is 2.17. The molecule has 0 spiro atoms. The number of rotatable bonds is 12. The maximum atomic E-state index is 12.3. The van der Waals surface area contributed by atoms with E-state index >= 15 is 0 Å². The predicted molar refractivity (Wildman–Crippen MR) is 159 cm³/mol. The van der Waals surface area contributed by atoms with Crippen LogP contribution in [0.4, 0.5) is 11.4 Å². The molecular weight excluding hydrogens is 520 g/mol. The minimum Gasteiger partial charge on any atom is -0.493 e. The Labute approximate surface area is 239 Å². The van der Waals surface area contributed by atoms with Crippen LogP contribution >= 0.6 is 0 Å². The third kappa shape index (κ3) is 6.70. The van der Waals surface area contributed by atoms with Gasteiger partial charge >= 0.3 is 0 Å². The molecule has 2 amide bonds. The monoisotopic (exact) mass is 558 g/mol. The van der Waals surface area contributed by atoms with Crippen LogP contribution in [0.1, 0.15) is 69.9 Å². The van der Waals surface area contributed by atoms with Gasteiger partial charge in [-0.15, -0.1) is 20.5 Å². The van der Waals surface area contributed by atoms with Crippen molar-refractivity contribution in [3.63, 3.8) is 0 Å². The van der Waals surface area contributed by atoms with E-state index in [-0.39, 0.29) is 36.4 Å². The van der Waals surface area contributed by atoms with Crippen LogP contribution in [0.5, 0.6) is 11.8 Å². The summed E-state index contributed by atoms with van der Waals surface area (Å²) in [6, 6.07) is 11.7. The minimum absolute atomic E-state index is 0.0124. The van der Waals surface area contributed by atoms with Crippen LogP contribution in [-0.2, 0) is 22.7 Å². The van der Waals surface area contributed by atoms with Crippen molar-refractivity contribution in [3.8, 4) is 11.8 Å². The normalized spacial score (nSPS) is 12.0. The first-order chi connectivity index (χ1) is 19.7. The Bertz CT molecular complexity index is 1510. The Balaban J connectivity index is 1.20. The summed E-state index contributed by atoms with van der Waals surface area (Å²) in [5, 5.41) is 38.6. The van der Waals surface area contributed by atoms with Crippen molar-refractivity contribution in [1.29, 1.82) is 0 Å². The number of carbonyl (C=O) groups excluding carboxylic acids is 2. The molecule has 0 aliphatic carbocycles. The Kier molecular flexibility index (Phi) is 9.65. The van der Waals surface area contributed by atoms with Crippen molar-refractivity contribution in [2.75, 3.05) is 0 Å². The summed E-state index contributed by atoms with van der Waals surface area (Å²) in [4.78, 5) is 24.6. The van der Waals surface area contributed by atoms with Gasteiger partial charge in [0.15, 0.2) is 11.4 Å². The second kappa shape index (κ2) is 13.3. The van der Waals surface area contributed by atoms with E-state index in [1.165, 1.54) is 0 Å². The number of hydrogen-bond donors (Lipinski definition) is 2. The molecule has 0 fully saturated rings. The van der Waals surface area contributed by atoms with Gasteiger partial charge in [0.25, 0.3) is 11.8 Å². The first-order valence-electron chi connectivity index (χ1n) is 14.3. The zero-order chi connectivity index (χ0) is 29.5. The van der Waals surface area contributed by atoms with Crippen LogP contribution in [0, 0.1) is 13.8 Å². The van der Waals surface area contributed by atoms with Gasteiger partial charge < -0.3 is 19.3 Å². The standard InChI is InChI=1S/C31H38N6O4/c1-5-36-24-16-14-20(3)18-22(24)28(30(36)40)34-32-26(38)12-10-8-7-9-11-13-27(39)33-35-29-23-19-21(4)15-17-25(23)37(6-2)31(29)41/h14-19,40-41H,5-13H2,1-4H3. The summed E-state index contributed by atoms with van der Waals surface area (Å²) in [7, 11) is 0. The first kappa shape index (κ1) is 29.6. The van der Waals surface area contributed by atoms with E-state index in [2.05, 4.69) is 20.5 Å². The fraction of sp³-hybridized carbons (Fsp3) is 0.419. The smallest absolute Gasteiger partial charge is 0.264 e. The Morgan fingerprint density at radius 1 is 0.659 bits per heavy atom. The molecule has 0 bridgehead atoms. The topological polar surface area (TPSA) is 134 Å². The summed E-state index contributed by atoms with van der Waals surface area (Å²) in [5.41, 5.74) is 4.42. The quantitative estimate of drug-likeness (QED) is 0.133. The van der Waals surface area contributed by atoms with Gasteiger partial charge in [-0.05, 0) is 64.8 Å². The highest BCUT2D eigenvalue weighted by Crippen LogP contribution is 2.40. The lowest BCUT2D eigenvalue weighted by atomic mass is 10.1. The number of carbonyl (C=O) groups is 2. The predicted octanol–water partition coefficient (Wildman–Crippen LogP) is 8.32. The largest absolute Gasteiger partial charge is 0.493 e. The molecule has 0 atom stereocenters. The zero-order valence-corrected chi connectivity index (χ0v) is 24.2. The van der Waals surface area contributed by atoms with Crippen molar-refractivity contribution in [3.05, 3.63) is 47.5 Å². The lowest BCUT2D eigenvalue weighted by Gasteiger charge is -2.01. The van der Waals surface area contributed by atoms with E-state index < -0.39 is 0 Å². The number of fused-ring (bicyclic) bond motifs is 2. The van der Waals surface area contributed by atoms with E-state index in [9.17, 15) is 19.8 Å². The molecule has 2 heterocycles. The van der Waals surface area contributed by atoms with Crippen molar-refractivity contribution in [2.45, 2.75) is 85.7 Å². The van der Waals surface area contributed by atoms with E-state index in [0.717, 1.165) is 52.2 Å². The van der Waals surface area contributed by atoms with E-state index in [0.29, 0.717) is 37.3 Å². The van der Waals surface area contributed by atoms with Crippen LogP contribution in [0.3, 0.4) is 0 Å². The Morgan fingerprint density at radius 2 is 1.05 bits per heavy atom. The van der Waals surface area contributed by atoms with Gasteiger partial charge in [0.2, 0.25) is 11.8 Å². The Hall–Kier alpha value is -4.34. The number of nitrogens with zero attached hydrogens (tertiary/aromatic N) is 6. The van der Waals surface area contributed by atoms with Crippen LogP contribution in [-0.4, -0.2) is 31.2 Å². The van der Waals surface area contributed by atoms with Gasteiger partial charge in [-0.25, -0.2) is 0 Å². The SMILES string of the molecule is CCn1c(O)c(N=NC(=O)CCCCCCCC(=O)N=Nc2c(O)n(CC)c3ccc(C)cc23)c2cc(C)ccc21. The lowest BCUT2D eigenvalue weighted by Crippen LogP contribution is -1.94. The maximum Gasteiger partial charge on any atom is 0.264 e. The average Bonchev–Trinajstić information content (AvgIpc) is 3.37. The molecule has 2 N–H and O–H groups in total. The van der Waals surface area contributed by atoms with Gasteiger partial charge in [0.1, 0.15) is 0 Å². The van der Waals surface area contributed by atoms with Crippen molar-refractivity contribution in [2.24, 2.45) is 20.5 Å². The molecule has 216 valence electrons. The summed E-state index contributed by atoms with van der Waals surface area (Å²) < 4.78 is 3.49. The molecule has 0 aliphatic heterocycles. The number of aromatic nitrogens is 2. The van der Waals surface area contributed by atoms with Gasteiger partial charge in [-0.3, -0.25) is 9.59 Å². The zero-order valence-electron chi connectivity index (χ0n) is 24.2. The van der Waals surface area contributed by atoms with Crippen LogP contribution in [0.2, 0.25) is 0 Å². The van der Waals surface area contributed by atoms with Crippen molar-refractivity contribution < 1.29 is 19.8 Å². The average molecular weight is 559 g/mol. The van der Waals surface area contributed by atoms with Crippen LogP contribution < -0.4 is 0 Å². The molecule has 41 heavy (non-hydrogen) atoms. The number of benzene rings is 2. The summed E-state index contributed by atoms with van der Waals surface area (Å²) >= 11 is 0. The number of unbranched alkanes of at least 4 members (excludes halogenated alkanes) is 4. The number of hydrogen-bond acceptors (Lipinski definition) is 6. The molecule has 4 rings (SSSR count). The molecule has 2 aromatic carbocycles. The van der Waals surface area contributed by atoms with E-state index in [1.54, 1.807) is 9.13 Å². The molecule has 0 aliphatic rings. The van der Waals surface area contributed by atoms with Gasteiger partial charge in [-0.2, -0.15) is 0 Å². The van der Waals surface area contributed by atoms with Crippen molar-refractivity contribution >= 4 is 45.0 Å². The number of aryl methyl sites for hydroxylation is 4. The maximum absolute atomic E-state index is 12.3. The minimum atomic E-state index is -0.326. The molecule has 2 aromatic heterocycles. The van der Waals surface area contributed by atoms with E-state index in [4.69, 9.17) is 0 Å². The lowest BCUT2D eigenvalue weighted by molar-refractivity contribution is -0.119. The number of amides is 2. The second-order valence-electron chi connectivity index (χ2n) is 10.3. The Morgan fingerprint density at radius 3 is 1.44 bits per heavy atom. The van der Waals surface area contributed by atoms with Gasteiger partial charge in [0, 0.05) is 36.7 Å². The molecule has 10 heteroatoms. The number of aromatic hydroxyl groups is 2. The van der Waals surface area contributed by atoms with Crippen LogP contribution in [0.25, 0.3) is 21.8 Å². The van der Waals surface area contributed by atoms with Gasteiger partial charge in [0.05, 0.1) is 11.0 Å². The molecule has 4 aromatic rings. The third-order valence-electron chi connectivity index (χ3n) is 7.27. The molecule has 0 unspecified atom stereocenters. The van der Waals surface area contributed by atoms with E-state index in [1.807, 2.05) is 64.1 Å². The second-order valence-corrected chi connectivity index (χ2v) is 10.3. The number of azo groups is 2.